The first-order chi connectivity index (χ1) is 17.6. The maximum atomic E-state index is 13.9. The summed E-state index contributed by atoms with van der Waals surface area (Å²) in [4.78, 5) is 29.6. The van der Waals surface area contributed by atoms with Gasteiger partial charge >= 0.3 is 5.97 Å². The number of carbonyl (C=O) groups is 2. The van der Waals surface area contributed by atoms with Gasteiger partial charge in [-0.3, -0.25) is 9.59 Å². The van der Waals surface area contributed by atoms with Crippen molar-refractivity contribution < 1.29 is 37.7 Å². The number of ether oxygens (including phenoxy) is 3. The van der Waals surface area contributed by atoms with Crippen molar-refractivity contribution in [3.05, 3.63) is 82.7 Å². The minimum Gasteiger partial charge on any atom is -0.503 e. The average molecular weight is 514 g/mol. The molecule has 0 spiro atoms. The van der Waals surface area contributed by atoms with Crippen LogP contribution in [0.3, 0.4) is 0 Å². The number of pyridine rings is 1. The molecule has 3 aromatic rings. The molecule has 0 unspecified atom stereocenters. The zero-order chi connectivity index (χ0) is 27.3. The SMILES string of the molecule is COc1cc(F)ccc1[C@H](c1ccc(F)cc1C)[C@H](C)OC(=O)[C@H](C)CC(=O)c1nccc(OC)c1O. The number of hydrogen-bond acceptors (Lipinski definition) is 7. The zero-order valence-electron chi connectivity index (χ0n) is 21.2. The van der Waals surface area contributed by atoms with Gasteiger partial charge in [-0.25, -0.2) is 13.8 Å². The van der Waals surface area contributed by atoms with E-state index in [9.17, 15) is 23.5 Å². The molecule has 0 saturated heterocycles. The van der Waals surface area contributed by atoms with E-state index in [4.69, 9.17) is 14.2 Å². The van der Waals surface area contributed by atoms with Crippen molar-refractivity contribution >= 4 is 11.8 Å². The van der Waals surface area contributed by atoms with Crippen LogP contribution in [0.4, 0.5) is 8.78 Å². The van der Waals surface area contributed by atoms with Gasteiger partial charge in [-0.15, -0.1) is 0 Å². The van der Waals surface area contributed by atoms with Crippen molar-refractivity contribution in [1.82, 2.24) is 4.98 Å². The summed E-state index contributed by atoms with van der Waals surface area (Å²) in [5.74, 6) is -3.68. The van der Waals surface area contributed by atoms with Crippen LogP contribution in [0.15, 0.2) is 48.7 Å². The third-order valence-electron chi connectivity index (χ3n) is 6.13. The Labute approximate surface area is 214 Å². The summed E-state index contributed by atoms with van der Waals surface area (Å²) in [6, 6.07) is 9.70. The van der Waals surface area contributed by atoms with Crippen LogP contribution < -0.4 is 9.47 Å². The number of carbonyl (C=O) groups excluding carboxylic acids is 2. The summed E-state index contributed by atoms with van der Waals surface area (Å²) < 4.78 is 43.9. The highest BCUT2D eigenvalue weighted by atomic mass is 19.1. The minimum absolute atomic E-state index is 0.0907. The fourth-order valence-corrected chi connectivity index (χ4v) is 4.23. The number of nitrogens with zero attached hydrogens (tertiary/aromatic N) is 1. The van der Waals surface area contributed by atoms with Crippen LogP contribution in [0.1, 0.15) is 53.4 Å². The quantitative estimate of drug-likeness (QED) is 0.288. The smallest absolute Gasteiger partial charge is 0.309 e. The van der Waals surface area contributed by atoms with E-state index in [1.54, 1.807) is 19.9 Å². The predicted octanol–water partition coefficient (Wildman–Crippen LogP) is 5.36. The van der Waals surface area contributed by atoms with Crippen LogP contribution >= 0.6 is 0 Å². The molecule has 7 nitrogen and oxygen atoms in total. The lowest BCUT2D eigenvalue weighted by Gasteiger charge is -2.28. The van der Waals surface area contributed by atoms with Crippen molar-refractivity contribution in [3.8, 4) is 17.2 Å². The topological polar surface area (TPSA) is 95.0 Å². The number of methoxy groups -OCH3 is 2. The zero-order valence-corrected chi connectivity index (χ0v) is 21.2. The molecule has 2 aromatic carbocycles. The fraction of sp³-hybridized carbons (Fsp3) is 0.321. The summed E-state index contributed by atoms with van der Waals surface area (Å²) in [6.07, 6.45) is 0.263. The molecule has 0 saturated carbocycles. The Morgan fingerprint density at radius 2 is 1.57 bits per heavy atom. The number of ketones is 1. The average Bonchev–Trinajstić information content (AvgIpc) is 2.86. The van der Waals surface area contributed by atoms with Crippen molar-refractivity contribution in [1.29, 1.82) is 0 Å². The Balaban J connectivity index is 1.87. The van der Waals surface area contributed by atoms with Gasteiger partial charge in [0.05, 0.1) is 20.1 Å². The van der Waals surface area contributed by atoms with Gasteiger partial charge in [-0.1, -0.05) is 19.1 Å². The van der Waals surface area contributed by atoms with E-state index in [2.05, 4.69) is 4.98 Å². The highest BCUT2D eigenvalue weighted by Crippen LogP contribution is 2.38. The standard InChI is InChI=1S/C28H29F2NO6/c1-15-12-18(29)6-8-20(15)25(21-9-7-19(30)14-24(21)36-5)17(3)37-28(34)16(2)13-22(32)26-27(33)23(35-4)10-11-31-26/h6-12,14,16-17,25,33H,13H2,1-5H3/t16-,17+,25+/m1/s1. The number of aromatic nitrogens is 1. The van der Waals surface area contributed by atoms with Crippen molar-refractivity contribution in [2.24, 2.45) is 5.92 Å². The van der Waals surface area contributed by atoms with E-state index in [1.165, 1.54) is 63.7 Å². The number of Topliss-reactive ketones (excluding diaryl/α,β-unsaturated/α-hetero) is 1. The van der Waals surface area contributed by atoms with Crippen LogP contribution in [0.25, 0.3) is 0 Å². The molecular weight excluding hydrogens is 484 g/mol. The molecule has 0 aliphatic heterocycles. The second-order valence-electron chi connectivity index (χ2n) is 8.75. The lowest BCUT2D eigenvalue weighted by molar-refractivity contribution is -0.153. The normalized spacial score (nSPS) is 13.4. The second kappa shape index (κ2) is 11.8. The summed E-state index contributed by atoms with van der Waals surface area (Å²) in [5.41, 5.74) is 1.62. The summed E-state index contributed by atoms with van der Waals surface area (Å²) >= 11 is 0. The first-order valence-electron chi connectivity index (χ1n) is 11.6. The highest BCUT2D eigenvalue weighted by Gasteiger charge is 2.31. The van der Waals surface area contributed by atoms with Crippen LogP contribution in [0.5, 0.6) is 17.2 Å². The third kappa shape index (κ3) is 6.22. The number of aromatic hydroxyl groups is 1. The highest BCUT2D eigenvalue weighted by molar-refractivity contribution is 5.99. The summed E-state index contributed by atoms with van der Waals surface area (Å²) in [5, 5.41) is 10.2. The molecule has 0 aliphatic carbocycles. The van der Waals surface area contributed by atoms with Gasteiger partial charge in [0, 0.05) is 36.2 Å². The molecule has 1 N–H and O–H groups in total. The maximum Gasteiger partial charge on any atom is 0.309 e. The number of benzene rings is 2. The monoisotopic (exact) mass is 513 g/mol. The number of aryl methyl sites for hydroxylation is 1. The van der Waals surface area contributed by atoms with Crippen LogP contribution in [0, 0.1) is 24.5 Å². The molecule has 196 valence electrons. The number of rotatable bonds is 10. The molecule has 3 atom stereocenters. The Hall–Kier alpha value is -4.01. The van der Waals surface area contributed by atoms with E-state index in [0.29, 0.717) is 16.7 Å². The van der Waals surface area contributed by atoms with Crippen molar-refractivity contribution in [2.75, 3.05) is 14.2 Å². The second-order valence-corrected chi connectivity index (χ2v) is 8.75. The molecule has 0 bridgehead atoms. The van der Waals surface area contributed by atoms with Crippen LogP contribution in [-0.2, 0) is 9.53 Å². The molecule has 1 heterocycles. The molecule has 0 aliphatic rings. The maximum absolute atomic E-state index is 13.9. The lowest BCUT2D eigenvalue weighted by Crippen LogP contribution is -2.28. The van der Waals surface area contributed by atoms with Gasteiger partial charge in [0.1, 0.15) is 23.5 Å². The Morgan fingerprint density at radius 3 is 2.19 bits per heavy atom. The number of esters is 1. The molecule has 9 heteroatoms. The molecule has 37 heavy (non-hydrogen) atoms. The Morgan fingerprint density at radius 1 is 0.946 bits per heavy atom. The first-order valence-corrected chi connectivity index (χ1v) is 11.6. The van der Waals surface area contributed by atoms with Crippen molar-refractivity contribution in [2.45, 2.75) is 39.2 Å². The molecule has 1 aromatic heterocycles. The van der Waals surface area contributed by atoms with E-state index in [1.807, 2.05) is 0 Å². The summed E-state index contributed by atoms with van der Waals surface area (Å²) in [7, 11) is 2.75. The molecule has 3 rings (SSSR count). The van der Waals surface area contributed by atoms with Gasteiger partial charge in [0.15, 0.2) is 23.0 Å². The van der Waals surface area contributed by atoms with Gasteiger partial charge in [0.25, 0.3) is 0 Å². The van der Waals surface area contributed by atoms with E-state index in [0.717, 1.165) is 0 Å². The summed E-state index contributed by atoms with van der Waals surface area (Å²) in [6.45, 7) is 4.92. The predicted molar refractivity (Wildman–Crippen MR) is 132 cm³/mol. The molecule has 0 fully saturated rings. The minimum atomic E-state index is -0.868. The number of hydrogen-bond donors (Lipinski definition) is 1. The molecule has 0 amide bonds. The molecular formula is C28H29F2NO6. The fourth-order valence-electron chi connectivity index (χ4n) is 4.23. The third-order valence-corrected chi connectivity index (χ3v) is 6.13. The van der Waals surface area contributed by atoms with E-state index >= 15 is 0 Å². The van der Waals surface area contributed by atoms with Gasteiger partial charge in [0.2, 0.25) is 0 Å². The van der Waals surface area contributed by atoms with E-state index in [-0.39, 0.29) is 23.6 Å². The lowest BCUT2D eigenvalue weighted by atomic mass is 9.84. The first kappa shape index (κ1) is 27.6. The van der Waals surface area contributed by atoms with Crippen LogP contribution in [0.2, 0.25) is 0 Å². The number of halogens is 2. The molecule has 0 radical (unpaired) electrons. The van der Waals surface area contributed by atoms with Crippen LogP contribution in [-0.4, -0.2) is 42.2 Å². The van der Waals surface area contributed by atoms with Crippen molar-refractivity contribution in [3.63, 3.8) is 0 Å². The Bertz CT molecular complexity index is 1300. The van der Waals surface area contributed by atoms with Gasteiger partial charge in [-0.05, 0) is 43.2 Å². The largest absolute Gasteiger partial charge is 0.503 e. The van der Waals surface area contributed by atoms with E-state index < -0.39 is 47.1 Å². The van der Waals surface area contributed by atoms with Gasteiger partial charge in [-0.2, -0.15) is 0 Å². The van der Waals surface area contributed by atoms with Gasteiger partial charge < -0.3 is 19.3 Å². The Kier molecular flexibility index (Phi) is 8.81.